The Morgan fingerprint density at radius 3 is 2.19 bits per heavy atom. The third kappa shape index (κ3) is 4.88. The summed E-state index contributed by atoms with van der Waals surface area (Å²) in [6.07, 6.45) is 0. The van der Waals surface area contributed by atoms with Crippen molar-refractivity contribution in [2.75, 3.05) is 13.1 Å². The summed E-state index contributed by atoms with van der Waals surface area (Å²) in [6, 6.07) is 16.9. The van der Waals surface area contributed by atoms with E-state index in [1.54, 1.807) is 12.1 Å². The van der Waals surface area contributed by atoms with Crippen molar-refractivity contribution in [1.82, 2.24) is 10.0 Å². The summed E-state index contributed by atoms with van der Waals surface area (Å²) in [5, 5.41) is 3.53. The maximum absolute atomic E-state index is 12.8. The van der Waals surface area contributed by atoms with Gasteiger partial charge in [0.2, 0.25) is 10.0 Å². The Labute approximate surface area is 160 Å². The van der Waals surface area contributed by atoms with Crippen LogP contribution in [-0.4, -0.2) is 37.5 Å². The quantitative estimate of drug-likeness (QED) is 0.820. The highest BCUT2D eigenvalue weighted by Crippen LogP contribution is 2.31. The zero-order chi connectivity index (χ0) is 18.8. The maximum atomic E-state index is 12.8. The fourth-order valence-corrected chi connectivity index (χ4v) is 5.88. The van der Waals surface area contributed by atoms with E-state index in [1.165, 1.54) is 0 Å². The molecular formula is C20H26N2O2S2. The molecule has 1 heterocycles. The number of benzene rings is 2. The number of rotatable bonds is 5. The summed E-state index contributed by atoms with van der Waals surface area (Å²) in [6.45, 7) is 7.95. The molecule has 2 unspecified atom stereocenters. The highest BCUT2D eigenvalue weighted by atomic mass is 32.2. The van der Waals surface area contributed by atoms with Crippen LogP contribution in [0.25, 0.3) is 11.1 Å². The molecule has 1 aliphatic heterocycles. The molecule has 3 rings (SSSR count). The van der Waals surface area contributed by atoms with E-state index >= 15 is 0 Å². The molecule has 26 heavy (non-hydrogen) atoms. The van der Waals surface area contributed by atoms with E-state index in [2.05, 4.69) is 30.8 Å². The van der Waals surface area contributed by atoms with Crippen LogP contribution in [0.1, 0.15) is 20.8 Å². The summed E-state index contributed by atoms with van der Waals surface area (Å²) >= 11 is 1.82. The second kappa shape index (κ2) is 7.72. The summed E-state index contributed by atoms with van der Waals surface area (Å²) in [5.41, 5.74) is 2.08. The van der Waals surface area contributed by atoms with Gasteiger partial charge in [0.15, 0.2) is 0 Å². The van der Waals surface area contributed by atoms with Gasteiger partial charge in [0, 0.05) is 29.1 Å². The van der Waals surface area contributed by atoms with Crippen LogP contribution in [0, 0.1) is 0 Å². The highest BCUT2D eigenvalue weighted by molar-refractivity contribution is 8.01. The molecule has 0 amide bonds. The first-order valence-corrected chi connectivity index (χ1v) is 11.2. The SMILES string of the molecule is CC(C)(C)SC1CNCC1NS(=O)(=O)c1ccc(-c2ccccc2)cc1. The molecule has 4 nitrogen and oxygen atoms in total. The van der Waals surface area contributed by atoms with Gasteiger partial charge in [-0.15, -0.1) is 11.8 Å². The summed E-state index contributed by atoms with van der Waals surface area (Å²) in [4.78, 5) is 0.309. The van der Waals surface area contributed by atoms with Crippen LogP contribution < -0.4 is 10.0 Å². The zero-order valence-corrected chi connectivity index (χ0v) is 17.0. The van der Waals surface area contributed by atoms with Crippen LogP contribution in [0.3, 0.4) is 0 Å². The van der Waals surface area contributed by atoms with Gasteiger partial charge in [-0.3, -0.25) is 0 Å². The predicted molar refractivity (Wildman–Crippen MR) is 110 cm³/mol. The van der Waals surface area contributed by atoms with E-state index in [-0.39, 0.29) is 16.0 Å². The van der Waals surface area contributed by atoms with Crippen molar-refractivity contribution in [3.8, 4) is 11.1 Å². The average Bonchev–Trinajstić information content (AvgIpc) is 3.00. The lowest BCUT2D eigenvalue weighted by Gasteiger charge is -2.26. The Hall–Kier alpha value is -1.34. The molecule has 0 radical (unpaired) electrons. The predicted octanol–water partition coefficient (Wildman–Crippen LogP) is 3.50. The van der Waals surface area contributed by atoms with Gasteiger partial charge in [0.25, 0.3) is 0 Å². The maximum Gasteiger partial charge on any atom is 0.240 e. The standard InChI is InChI=1S/C20H26N2O2S2/c1-20(2,3)25-19-14-21-13-18(19)22-26(23,24)17-11-9-16(10-12-17)15-7-5-4-6-8-15/h4-12,18-19,21-22H,13-14H2,1-3H3. The Morgan fingerprint density at radius 1 is 0.962 bits per heavy atom. The largest absolute Gasteiger partial charge is 0.314 e. The Balaban J connectivity index is 1.74. The van der Waals surface area contributed by atoms with Gasteiger partial charge in [0.1, 0.15) is 0 Å². The van der Waals surface area contributed by atoms with Crippen molar-refractivity contribution < 1.29 is 8.42 Å². The van der Waals surface area contributed by atoms with Crippen LogP contribution in [0.5, 0.6) is 0 Å². The van der Waals surface area contributed by atoms with Gasteiger partial charge in [0.05, 0.1) is 4.90 Å². The Kier molecular flexibility index (Phi) is 5.77. The average molecular weight is 391 g/mol. The van der Waals surface area contributed by atoms with Crippen molar-refractivity contribution >= 4 is 21.8 Å². The number of hydrogen-bond donors (Lipinski definition) is 2. The monoisotopic (exact) mass is 390 g/mol. The molecule has 2 aromatic carbocycles. The van der Waals surface area contributed by atoms with Gasteiger partial charge in [-0.2, -0.15) is 0 Å². The summed E-state index contributed by atoms with van der Waals surface area (Å²) in [7, 11) is -3.53. The molecule has 0 spiro atoms. The van der Waals surface area contributed by atoms with Crippen LogP contribution in [0.15, 0.2) is 59.5 Å². The first-order chi connectivity index (χ1) is 12.2. The van der Waals surface area contributed by atoms with E-state index in [9.17, 15) is 8.42 Å². The van der Waals surface area contributed by atoms with Crippen molar-refractivity contribution in [1.29, 1.82) is 0 Å². The normalized spacial score (nSPS) is 21.0. The van der Waals surface area contributed by atoms with Gasteiger partial charge < -0.3 is 5.32 Å². The number of thioether (sulfide) groups is 1. The minimum Gasteiger partial charge on any atom is -0.314 e. The highest BCUT2D eigenvalue weighted by Gasteiger charge is 2.34. The molecule has 6 heteroatoms. The van der Waals surface area contributed by atoms with Crippen molar-refractivity contribution in [3.63, 3.8) is 0 Å². The Bertz CT molecular complexity index is 828. The molecule has 0 aromatic heterocycles. The molecular weight excluding hydrogens is 364 g/mol. The minimum absolute atomic E-state index is 0.0950. The van der Waals surface area contributed by atoms with E-state index < -0.39 is 10.0 Å². The van der Waals surface area contributed by atoms with E-state index in [1.807, 2.05) is 54.2 Å². The molecule has 0 aliphatic carbocycles. The third-order valence-electron chi connectivity index (χ3n) is 4.24. The molecule has 140 valence electrons. The van der Waals surface area contributed by atoms with Crippen molar-refractivity contribution in [2.45, 2.75) is 41.7 Å². The van der Waals surface area contributed by atoms with E-state index in [0.717, 1.165) is 17.7 Å². The molecule has 0 saturated carbocycles. The second-order valence-corrected chi connectivity index (χ2v) is 11.3. The van der Waals surface area contributed by atoms with Gasteiger partial charge in [-0.1, -0.05) is 63.2 Å². The van der Waals surface area contributed by atoms with Crippen LogP contribution in [0.2, 0.25) is 0 Å². The smallest absolute Gasteiger partial charge is 0.240 e. The first-order valence-electron chi connectivity index (χ1n) is 8.81. The molecule has 1 saturated heterocycles. The molecule has 2 N–H and O–H groups in total. The number of sulfonamides is 1. The van der Waals surface area contributed by atoms with Gasteiger partial charge in [-0.05, 0) is 23.3 Å². The van der Waals surface area contributed by atoms with Crippen LogP contribution in [-0.2, 0) is 10.0 Å². The topological polar surface area (TPSA) is 58.2 Å². The Morgan fingerprint density at radius 2 is 1.58 bits per heavy atom. The zero-order valence-electron chi connectivity index (χ0n) is 15.4. The molecule has 1 fully saturated rings. The van der Waals surface area contributed by atoms with Crippen molar-refractivity contribution in [3.05, 3.63) is 54.6 Å². The second-order valence-electron chi connectivity index (χ2n) is 7.55. The fourth-order valence-electron chi connectivity index (χ4n) is 3.07. The molecule has 2 atom stereocenters. The number of hydrogen-bond acceptors (Lipinski definition) is 4. The molecule has 2 aromatic rings. The van der Waals surface area contributed by atoms with Gasteiger partial charge in [-0.25, -0.2) is 13.1 Å². The third-order valence-corrected chi connectivity index (χ3v) is 7.25. The lowest BCUT2D eigenvalue weighted by molar-refractivity contribution is 0.561. The van der Waals surface area contributed by atoms with Crippen LogP contribution >= 0.6 is 11.8 Å². The fraction of sp³-hybridized carbons (Fsp3) is 0.400. The number of nitrogens with one attached hydrogen (secondary N) is 2. The molecule has 1 aliphatic rings. The minimum atomic E-state index is -3.53. The summed E-state index contributed by atoms with van der Waals surface area (Å²) in [5.74, 6) is 0. The molecule has 0 bridgehead atoms. The lowest BCUT2D eigenvalue weighted by Crippen LogP contribution is -2.42. The van der Waals surface area contributed by atoms with Gasteiger partial charge >= 0.3 is 0 Å². The van der Waals surface area contributed by atoms with E-state index in [4.69, 9.17) is 0 Å². The van der Waals surface area contributed by atoms with Crippen molar-refractivity contribution in [2.24, 2.45) is 0 Å². The van der Waals surface area contributed by atoms with E-state index in [0.29, 0.717) is 11.4 Å². The lowest BCUT2D eigenvalue weighted by atomic mass is 10.1. The first kappa shape index (κ1) is 19.4. The van der Waals surface area contributed by atoms with Crippen LogP contribution in [0.4, 0.5) is 0 Å². The summed E-state index contributed by atoms with van der Waals surface area (Å²) < 4.78 is 28.6.